The first kappa shape index (κ1) is 27.2. The maximum absolute atomic E-state index is 12.0. The Balaban J connectivity index is 0.00000289. The number of rotatable bonds is 6. The van der Waals surface area contributed by atoms with Crippen LogP contribution in [0.4, 0.5) is 0 Å². The molecule has 0 saturated heterocycles. The zero-order chi connectivity index (χ0) is 26.6. The van der Waals surface area contributed by atoms with Crippen LogP contribution in [0.15, 0.2) is 71.8 Å². The first-order valence-electron chi connectivity index (χ1n) is 13.2. The fourth-order valence-corrected chi connectivity index (χ4v) is 5.51. The smallest absolute Gasteiger partial charge is 0.331 e. The molecule has 1 amide bonds. The summed E-state index contributed by atoms with van der Waals surface area (Å²) < 4.78 is 2.35. The molecule has 40 heavy (non-hydrogen) atoms. The van der Waals surface area contributed by atoms with Gasteiger partial charge in [0.1, 0.15) is 5.82 Å². The minimum atomic E-state index is -0.341. The molecule has 0 radical (unpaired) electrons. The largest absolute Gasteiger partial charge is 1.00 e. The molecule has 0 unspecified atom stereocenters. The van der Waals surface area contributed by atoms with Crippen LogP contribution in [0.1, 0.15) is 56.0 Å². The van der Waals surface area contributed by atoms with Gasteiger partial charge in [0.25, 0.3) is 0 Å². The van der Waals surface area contributed by atoms with E-state index >= 15 is 0 Å². The molecule has 0 bridgehead atoms. The summed E-state index contributed by atoms with van der Waals surface area (Å²) in [5.74, 6) is 2.12. The Morgan fingerprint density at radius 1 is 1.00 bits per heavy atom. The Bertz CT molecular complexity index is 1730. The molecule has 2 aromatic heterocycles. The molecule has 2 aliphatic rings. The average molecular weight is 555 g/mol. The fraction of sp³-hybridized carbons (Fsp3) is 0.267. The molecule has 7 rings (SSSR count). The number of hydrogen-bond donors (Lipinski definition) is 1. The van der Waals surface area contributed by atoms with E-state index in [-0.39, 0.29) is 62.7 Å². The average Bonchev–Trinajstić information content (AvgIpc) is 3.50. The summed E-state index contributed by atoms with van der Waals surface area (Å²) >= 11 is 0. The second kappa shape index (κ2) is 10.8. The van der Waals surface area contributed by atoms with Gasteiger partial charge in [-0.3, -0.25) is 15.2 Å². The number of hydrazone groups is 1. The Hall–Kier alpha value is -3.02. The van der Waals surface area contributed by atoms with E-state index in [2.05, 4.69) is 98.1 Å². The van der Waals surface area contributed by atoms with Gasteiger partial charge >= 0.3 is 51.4 Å². The number of amides is 1. The minimum absolute atomic E-state index is 0. The quantitative estimate of drug-likeness (QED) is 0.320. The summed E-state index contributed by atoms with van der Waals surface area (Å²) in [4.78, 5) is 17.0. The van der Waals surface area contributed by atoms with Gasteiger partial charge < -0.3 is 9.67 Å². The minimum Gasteiger partial charge on any atom is -0.331 e. The number of fused-ring (bicyclic) bond motifs is 1. The van der Waals surface area contributed by atoms with Crippen LogP contribution < -0.4 is 62.0 Å². The van der Waals surface area contributed by atoms with E-state index in [4.69, 9.17) is 4.98 Å². The number of nitrogens with zero attached hydrogens (tertiary/aromatic N) is 7. The number of carbonyl (C=O) groups is 1. The van der Waals surface area contributed by atoms with Crippen LogP contribution >= 0.6 is 0 Å². The maximum Gasteiger partial charge on any atom is 1.00 e. The van der Waals surface area contributed by atoms with Gasteiger partial charge in [0.15, 0.2) is 0 Å². The fourth-order valence-electron chi connectivity index (χ4n) is 5.51. The molecule has 0 atom stereocenters. The molecule has 194 valence electrons. The third kappa shape index (κ3) is 5.10. The van der Waals surface area contributed by atoms with Gasteiger partial charge in [-0.05, 0) is 41.7 Å². The van der Waals surface area contributed by atoms with Gasteiger partial charge in [0, 0.05) is 35.4 Å². The molecule has 1 N–H and O–H groups in total. The summed E-state index contributed by atoms with van der Waals surface area (Å²) in [5, 5.41) is 19.8. The number of tetrazole rings is 1. The summed E-state index contributed by atoms with van der Waals surface area (Å²) in [6, 6.07) is 23.0. The number of imidazole rings is 1. The Labute approximate surface area is 274 Å². The molecule has 10 heteroatoms. The summed E-state index contributed by atoms with van der Waals surface area (Å²) in [6.45, 7) is 4.86. The topological polar surface area (TPSA) is 112 Å². The molecule has 9 nitrogen and oxygen atoms in total. The van der Waals surface area contributed by atoms with E-state index in [0.717, 1.165) is 51.4 Å². The van der Waals surface area contributed by atoms with Crippen molar-refractivity contribution >= 4 is 22.7 Å². The second-order valence-corrected chi connectivity index (χ2v) is 11.0. The van der Waals surface area contributed by atoms with Crippen molar-refractivity contribution in [2.75, 3.05) is 0 Å². The van der Waals surface area contributed by atoms with Crippen LogP contribution in [-0.4, -0.2) is 36.6 Å². The van der Waals surface area contributed by atoms with Gasteiger partial charge in [-0.1, -0.05) is 68.4 Å². The Kier molecular flexibility index (Phi) is 7.30. The van der Waals surface area contributed by atoms with Crippen molar-refractivity contribution in [2.24, 2.45) is 10.5 Å². The van der Waals surface area contributed by atoms with E-state index in [1.165, 1.54) is 18.4 Å². The summed E-state index contributed by atoms with van der Waals surface area (Å²) in [5.41, 5.74) is 10.5. The monoisotopic (exact) mass is 554 g/mol. The van der Waals surface area contributed by atoms with Crippen molar-refractivity contribution in [3.8, 4) is 22.5 Å². The van der Waals surface area contributed by atoms with Gasteiger partial charge in [-0.15, -0.1) is 0 Å². The number of nitrogens with one attached hydrogen (secondary N) is 1. The van der Waals surface area contributed by atoms with Crippen LogP contribution in [0.3, 0.4) is 0 Å². The molecular formula is C30H27KN8O. The van der Waals surface area contributed by atoms with Crippen LogP contribution in [-0.2, 0) is 11.3 Å². The molecule has 0 spiro atoms. The van der Waals surface area contributed by atoms with Crippen molar-refractivity contribution in [3.05, 3.63) is 83.7 Å². The van der Waals surface area contributed by atoms with Gasteiger partial charge in [0.2, 0.25) is 5.91 Å². The summed E-state index contributed by atoms with van der Waals surface area (Å²) in [6.07, 6.45) is 2.76. The first-order valence-corrected chi connectivity index (χ1v) is 13.2. The van der Waals surface area contributed by atoms with Crippen molar-refractivity contribution in [3.63, 3.8) is 0 Å². The number of carbonyl (C=O) groups excluding carboxylic acids is 1. The zero-order valence-electron chi connectivity index (χ0n) is 22.8. The molecule has 1 aliphatic heterocycles. The standard InChI is InChI=1S/C30H28N8O.K/c1-30(2)16-26(39)32-33-27(30)21-13-14-24-25(15-21)38(29(31-24)20-11-12-20)17-18-7-9-19(10-8-18)22-5-3-4-6-23(22)28-34-36-37-35-28;/h3-10,13-15,20H,11-12,16-17H2,1-2H3,(H2,32,34,35,36,37,39);/q;+1/p-1. The molecule has 1 saturated carbocycles. The SMILES string of the molecule is CC1(C)CC(=O)NN=C1c1ccc2nc(C3CC3)n(Cc3ccc(-c4ccccc4-c4nn[n-]n4)cc3)c2c1.[K+]. The molecular weight excluding hydrogens is 527 g/mol. The predicted molar refractivity (Wildman–Crippen MR) is 148 cm³/mol. The zero-order valence-corrected chi connectivity index (χ0v) is 25.9. The van der Waals surface area contributed by atoms with Crippen LogP contribution in [0.5, 0.6) is 0 Å². The van der Waals surface area contributed by atoms with Crippen LogP contribution in [0, 0.1) is 5.41 Å². The number of aromatic nitrogens is 6. The van der Waals surface area contributed by atoms with E-state index in [9.17, 15) is 4.79 Å². The van der Waals surface area contributed by atoms with E-state index in [1.807, 2.05) is 18.2 Å². The van der Waals surface area contributed by atoms with E-state index in [0.29, 0.717) is 18.2 Å². The van der Waals surface area contributed by atoms with Crippen LogP contribution in [0.25, 0.3) is 33.5 Å². The summed E-state index contributed by atoms with van der Waals surface area (Å²) in [7, 11) is 0. The Morgan fingerprint density at radius 3 is 2.45 bits per heavy atom. The molecule has 3 aromatic carbocycles. The van der Waals surface area contributed by atoms with Crippen molar-refractivity contribution in [1.82, 2.24) is 35.6 Å². The molecule has 1 fully saturated rings. The van der Waals surface area contributed by atoms with E-state index < -0.39 is 0 Å². The predicted octanol–water partition coefficient (Wildman–Crippen LogP) is 1.69. The van der Waals surface area contributed by atoms with Crippen LogP contribution in [0.2, 0.25) is 0 Å². The van der Waals surface area contributed by atoms with Crippen molar-refractivity contribution < 1.29 is 56.2 Å². The number of benzene rings is 3. The normalized spacial score (nSPS) is 16.4. The Morgan fingerprint density at radius 2 is 1.75 bits per heavy atom. The van der Waals surface area contributed by atoms with Crippen molar-refractivity contribution in [2.45, 2.75) is 45.6 Å². The second-order valence-electron chi connectivity index (χ2n) is 11.0. The molecule has 1 aliphatic carbocycles. The molecule has 3 heterocycles. The van der Waals surface area contributed by atoms with Crippen molar-refractivity contribution in [1.29, 1.82) is 0 Å². The third-order valence-corrected chi connectivity index (χ3v) is 7.62. The van der Waals surface area contributed by atoms with Gasteiger partial charge in [-0.25, -0.2) is 15.5 Å². The van der Waals surface area contributed by atoms with Gasteiger partial charge in [0.05, 0.1) is 22.6 Å². The van der Waals surface area contributed by atoms with Gasteiger partial charge in [-0.2, -0.15) is 5.10 Å². The van der Waals surface area contributed by atoms with E-state index in [1.54, 1.807) is 0 Å². The molecule has 5 aromatic rings. The maximum atomic E-state index is 12.0. The third-order valence-electron chi connectivity index (χ3n) is 7.62. The number of hydrogen-bond acceptors (Lipinski definition) is 6. The first-order chi connectivity index (χ1) is 19.0.